The molecule has 5 nitrogen and oxygen atoms in total. The fourth-order valence-corrected chi connectivity index (χ4v) is 2.49. The van der Waals surface area contributed by atoms with Crippen molar-refractivity contribution < 1.29 is 13.2 Å². The Morgan fingerprint density at radius 1 is 1.16 bits per heavy atom. The summed E-state index contributed by atoms with van der Waals surface area (Å²) in [5.74, 6) is 0.804. The van der Waals surface area contributed by atoms with Gasteiger partial charge in [0.25, 0.3) is 5.56 Å². The molecule has 0 unspecified atom stereocenters. The van der Waals surface area contributed by atoms with Gasteiger partial charge in [0.15, 0.2) is 0 Å². The number of alkyl halides is 3. The number of hydrogen-bond donors (Lipinski definition) is 1. The zero-order chi connectivity index (χ0) is 18.0. The second kappa shape index (κ2) is 6.54. The number of anilines is 1. The van der Waals surface area contributed by atoms with E-state index in [1.807, 2.05) is 6.92 Å². The topological polar surface area (TPSA) is 61.9 Å². The Kier molecular flexibility index (Phi) is 4.43. The van der Waals surface area contributed by atoms with Crippen LogP contribution in [0.2, 0.25) is 0 Å². The number of aromatic amines is 1. The molecule has 2 heterocycles. The molecule has 1 N–H and O–H groups in total. The average Bonchev–Trinajstić information content (AvgIpc) is 2.59. The lowest BCUT2D eigenvalue weighted by Gasteiger charge is -2.21. The first-order chi connectivity index (χ1) is 11.9. The maximum absolute atomic E-state index is 12.6. The lowest BCUT2D eigenvalue weighted by molar-refractivity contribution is -0.137. The molecule has 130 valence electrons. The van der Waals surface area contributed by atoms with Gasteiger partial charge in [-0.2, -0.15) is 13.2 Å². The summed E-state index contributed by atoms with van der Waals surface area (Å²) in [5.41, 5.74) is -0.487. The zero-order valence-electron chi connectivity index (χ0n) is 13.3. The molecule has 0 fully saturated rings. The maximum Gasteiger partial charge on any atom is 0.417 e. The SMILES string of the molecule is CCN(Cc1nc2ccccc2c(=O)[nH]1)c1ccc(C(F)(F)F)cn1. The van der Waals surface area contributed by atoms with Gasteiger partial charge in [-0.05, 0) is 31.2 Å². The third-order valence-corrected chi connectivity index (χ3v) is 3.78. The van der Waals surface area contributed by atoms with Crippen molar-refractivity contribution in [3.05, 3.63) is 64.3 Å². The summed E-state index contributed by atoms with van der Waals surface area (Å²) in [6.45, 7) is 2.57. The van der Waals surface area contributed by atoms with Crippen LogP contribution in [0.1, 0.15) is 18.3 Å². The first kappa shape index (κ1) is 16.9. The molecule has 0 atom stereocenters. The molecule has 0 spiro atoms. The maximum atomic E-state index is 12.6. The molecule has 0 aliphatic heterocycles. The summed E-state index contributed by atoms with van der Waals surface area (Å²) in [6, 6.07) is 9.25. The van der Waals surface area contributed by atoms with E-state index in [-0.39, 0.29) is 12.1 Å². The van der Waals surface area contributed by atoms with E-state index >= 15 is 0 Å². The molecule has 3 aromatic rings. The Hall–Kier alpha value is -2.90. The monoisotopic (exact) mass is 348 g/mol. The number of para-hydroxylation sites is 1. The van der Waals surface area contributed by atoms with E-state index in [1.54, 1.807) is 29.2 Å². The van der Waals surface area contributed by atoms with Gasteiger partial charge in [-0.15, -0.1) is 0 Å². The third kappa shape index (κ3) is 3.62. The quantitative estimate of drug-likeness (QED) is 0.785. The van der Waals surface area contributed by atoms with Crippen LogP contribution in [0.5, 0.6) is 0 Å². The van der Waals surface area contributed by atoms with Crippen molar-refractivity contribution in [2.45, 2.75) is 19.6 Å². The Morgan fingerprint density at radius 2 is 1.92 bits per heavy atom. The standard InChI is InChI=1S/C17H15F3N4O/c1-2-24(15-8-7-11(9-21-15)17(18,19)20)10-14-22-13-6-4-3-5-12(13)16(25)23-14/h3-9H,2,10H2,1H3,(H,22,23,25). The van der Waals surface area contributed by atoms with E-state index in [9.17, 15) is 18.0 Å². The van der Waals surface area contributed by atoms with Crippen LogP contribution < -0.4 is 10.5 Å². The van der Waals surface area contributed by atoms with Crippen molar-refractivity contribution in [1.29, 1.82) is 0 Å². The molecule has 8 heteroatoms. The van der Waals surface area contributed by atoms with Gasteiger partial charge < -0.3 is 9.88 Å². The summed E-state index contributed by atoms with van der Waals surface area (Å²) in [5, 5.41) is 0.488. The molecule has 0 aliphatic carbocycles. The first-order valence-corrected chi connectivity index (χ1v) is 7.64. The molecule has 0 saturated carbocycles. The Bertz CT molecular complexity index is 935. The van der Waals surface area contributed by atoms with Crippen molar-refractivity contribution >= 4 is 16.7 Å². The zero-order valence-corrected chi connectivity index (χ0v) is 13.3. The van der Waals surface area contributed by atoms with Gasteiger partial charge in [0.05, 0.1) is 23.0 Å². The van der Waals surface area contributed by atoms with E-state index in [4.69, 9.17) is 0 Å². The van der Waals surface area contributed by atoms with Crippen molar-refractivity contribution in [2.75, 3.05) is 11.4 Å². The molecule has 2 aromatic heterocycles. The molecule has 0 bridgehead atoms. The normalized spacial score (nSPS) is 11.7. The molecule has 0 amide bonds. The average molecular weight is 348 g/mol. The number of nitrogens with zero attached hydrogens (tertiary/aromatic N) is 3. The van der Waals surface area contributed by atoms with Gasteiger partial charge in [-0.1, -0.05) is 12.1 Å². The van der Waals surface area contributed by atoms with Crippen LogP contribution in [0.15, 0.2) is 47.4 Å². The van der Waals surface area contributed by atoms with E-state index in [0.29, 0.717) is 29.1 Å². The molecular weight excluding hydrogens is 333 g/mol. The lowest BCUT2D eigenvalue weighted by atomic mass is 10.2. The van der Waals surface area contributed by atoms with E-state index in [2.05, 4.69) is 15.0 Å². The van der Waals surface area contributed by atoms with Crippen LogP contribution in [0.4, 0.5) is 19.0 Å². The third-order valence-electron chi connectivity index (χ3n) is 3.78. The molecular formula is C17H15F3N4O. The fraction of sp³-hybridized carbons (Fsp3) is 0.235. The minimum absolute atomic E-state index is 0.231. The van der Waals surface area contributed by atoms with E-state index in [0.717, 1.165) is 12.3 Å². The molecule has 1 aromatic carbocycles. The Morgan fingerprint density at radius 3 is 2.56 bits per heavy atom. The fourth-order valence-electron chi connectivity index (χ4n) is 2.49. The van der Waals surface area contributed by atoms with E-state index in [1.165, 1.54) is 6.07 Å². The summed E-state index contributed by atoms with van der Waals surface area (Å²) in [4.78, 5) is 24.8. The summed E-state index contributed by atoms with van der Waals surface area (Å²) in [6.07, 6.45) is -3.62. The van der Waals surface area contributed by atoms with Gasteiger partial charge in [-0.25, -0.2) is 9.97 Å². The van der Waals surface area contributed by atoms with Crippen molar-refractivity contribution in [3.8, 4) is 0 Å². The molecule has 0 saturated heterocycles. The minimum atomic E-state index is -4.42. The number of aromatic nitrogens is 3. The Balaban J connectivity index is 1.88. The van der Waals surface area contributed by atoms with Crippen LogP contribution >= 0.6 is 0 Å². The van der Waals surface area contributed by atoms with Gasteiger partial charge >= 0.3 is 6.18 Å². The van der Waals surface area contributed by atoms with Gasteiger partial charge in [0.2, 0.25) is 0 Å². The first-order valence-electron chi connectivity index (χ1n) is 7.64. The highest BCUT2D eigenvalue weighted by atomic mass is 19.4. The van der Waals surface area contributed by atoms with Crippen molar-refractivity contribution in [3.63, 3.8) is 0 Å². The Labute approximate surface area is 141 Å². The number of pyridine rings is 1. The minimum Gasteiger partial charge on any atom is -0.349 e. The van der Waals surface area contributed by atoms with Gasteiger partial charge in [0.1, 0.15) is 11.6 Å². The predicted octanol–water partition coefficient (Wildman–Crippen LogP) is 3.36. The summed E-state index contributed by atoms with van der Waals surface area (Å²) in [7, 11) is 0. The van der Waals surface area contributed by atoms with Crippen LogP contribution in [-0.4, -0.2) is 21.5 Å². The molecule has 25 heavy (non-hydrogen) atoms. The molecule has 0 aliphatic rings. The van der Waals surface area contributed by atoms with Crippen molar-refractivity contribution in [1.82, 2.24) is 15.0 Å². The number of rotatable bonds is 4. The highest BCUT2D eigenvalue weighted by molar-refractivity contribution is 5.77. The highest BCUT2D eigenvalue weighted by Gasteiger charge is 2.30. The summed E-state index contributed by atoms with van der Waals surface area (Å²) < 4.78 is 37.9. The smallest absolute Gasteiger partial charge is 0.349 e. The number of nitrogens with one attached hydrogen (secondary N) is 1. The van der Waals surface area contributed by atoms with E-state index < -0.39 is 11.7 Å². The second-order valence-corrected chi connectivity index (χ2v) is 5.45. The number of H-pyrrole nitrogens is 1. The largest absolute Gasteiger partial charge is 0.417 e. The van der Waals surface area contributed by atoms with Crippen LogP contribution in [0, 0.1) is 0 Å². The molecule has 3 rings (SSSR count). The van der Waals surface area contributed by atoms with Crippen LogP contribution in [0.3, 0.4) is 0 Å². The van der Waals surface area contributed by atoms with Crippen LogP contribution in [0.25, 0.3) is 10.9 Å². The lowest BCUT2D eigenvalue weighted by Crippen LogP contribution is -2.26. The second-order valence-electron chi connectivity index (χ2n) is 5.45. The number of halogens is 3. The van der Waals surface area contributed by atoms with Gasteiger partial charge in [-0.3, -0.25) is 4.79 Å². The highest BCUT2D eigenvalue weighted by Crippen LogP contribution is 2.29. The summed E-state index contributed by atoms with van der Waals surface area (Å²) >= 11 is 0. The van der Waals surface area contributed by atoms with Crippen LogP contribution in [-0.2, 0) is 12.7 Å². The number of benzene rings is 1. The predicted molar refractivity (Wildman–Crippen MR) is 88.3 cm³/mol. The number of fused-ring (bicyclic) bond motifs is 1. The van der Waals surface area contributed by atoms with Crippen molar-refractivity contribution in [2.24, 2.45) is 0 Å². The molecule has 0 radical (unpaired) electrons. The van der Waals surface area contributed by atoms with Gasteiger partial charge in [0, 0.05) is 12.7 Å². The number of hydrogen-bond acceptors (Lipinski definition) is 4.